The fourth-order valence-corrected chi connectivity index (χ4v) is 4.89. The molecule has 0 atom stereocenters. The zero-order chi connectivity index (χ0) is 25.5. The predicted octanol–water partition coefficient (Wildman–Crippen LogP) is 3.63. The zero-order valence-electron chi connectivity index (χ0n) is 21.3. The van der Waals surface area contributed by atoms with E-state index in [0.29, 0.717) is 53.8 Å². The lowest BCUT2D eigenvalue weighted by molar-refractivity contribution is 0.301. The number of aliphatic hydroxyl groups excluding tert-OH is 1. The number of ether oxygens (including phenoxy) is 1. The first-order chi connectivity index (χ1) is 17.5. The standard InChI is InChI=1S/C26H38FN7O2/c1-3-4-10-33(11-12-35)25-24-22(30-26(28)31-25)17-34(32-24)16-20-21(27)13-18(14-23(20)36-2)15-29-19-8-6-5-7-9-19/h13-14,17,19,29,35H,3-12,15-16H2,1-2H3,(H2,28,30). The number of nitrogens with two attached hydrogens (primary N) is 1. The van der Waals surface area contributed by atoms with Gasteiger partial charge in [0.2, 0.25) is 5.95 Å². The van der Waals surface area contributed by atoms with Crippen LogP contribution in [0.15, 0.2) is 18.3 Å². The van der Waals surface area contributed by atoms with Crippen molar-refractivity contribution in [3.8, 4) is 5.75 Å². The summed E-state index contributed by atoms with van der Waals surface area (Å²) >= 11 is 0. The fraction of sp³-hybridized carbons (Fsp3) is 0.577. The van der Waals surface area contributed by atoms with Gasteiger partial charge in [-0.25, -0.2) is 9.37 Å². The van der Waals surface area contributed by atoms with Gasteiger partial charge in [-0.1, -0.05) is 32.6 Å². The number of nitrogens with zero attached hydrogens (tertiary/aromatic N) is 5. The number of hydrogen-bond acceptors (Lipinski definition) is 8. The lowest BCUT2D eigenvalue weighted by atomic mass is 9.95. The Kier molecular flexibility index (Phi) is 8.93. The Morgan fingerprint density at radius 2 is 2.03 bits per heavy atom. The molecule has 4 N–H and O–H groups in total. The second-order valence-electron chi connectivity index (χ2n) is 9.50. The van der Waals surface area contributed by atoms with Crippen LogP contribution in [0.3, 0.4) is 0 Å². The number of fused-ring (bicyclic) bond motifs is 1. The lowest BCUT2D eigenvalue weighted by Crippen LogP contribution is -2.30. The van der Waals surface area contributed by atoms with E-state index in [2.05, 4.69) is 27.3 Å². The molecule has 1 aliphatic carbocycles. The SMILES string of the molecule is CCCCN(CCO)c1nc(N)nc2cn(Cc3c(F)cc(CNC4CCCCC4)cc3OC)nc12. The molecule has 0 radical (unpaired) electrons. The van der Waals surface area contributed by atoms with Crippen LogP contribution in [0.2, 0.25) is 0 Å². The van der Waals surface area contributed by atoms with Crippen molar-refractivity contribution in [3.05, 3.63) is 35.3 Å². The van der Waals surface area contributed by atoms with Crippen LogP contribution in [-0.4, -0.2) is 57.7 Å². The van der Waals surface area contributed by atoms with E-state index < -0.39 is 0 Å². The molecule has 4 rings (SSSR count). The average Bonchev–Trinajstić information content (AvgIpc) is 3.29. The van der Waals surface area contributed by atoms with Crippen molar-refractivity contribution < 1.29 is 14.2 Å². The average molecular weight is 500 g/mol. The molecular weight excluding hydrogens is 461 g/mol. The van der Waals surface area contributed by atoms with Crippen molar-refractivity contribution in [2.75, 3.05) is 37.4 Å². The number of hydrogen-bond donors (Lipinski definition) is 3. The second kappa shape index (κ2) is 12.3. The van der Waals surface area contributed by atoms with Crippen molar-refractivity contribution in [2.45, 2.75) is 71.0 Å². The molecule has 3 aromatic rings. The molecule has 1 aliphatic rings. The Morgan fingerprint density at radius 1 is 1.22 bits per heavy atom. The quantitative estimate of drug-likeness (QED) is 0.346. The van der Waals surface area contributed by atoms with E-state index in [1.54, 1.807) is 24.1 Å². The third-order valence-electron chi connectivity index (χ3n) is 6.82. The van der Waals surface area contributed by atoms with Crippen LogP contribution < -0.4 is 20.7 Å². The van der Waals surface area contributed by atoms with Gasteiger partial charge in [0.1, 0.15) is 17.1 Å². The van der Waals surface area contributed by atoms with Crippen molar-refractivity contribution in [3.63, 3.8) is 0 Å². The molecule has 36 heavy (non-hydrogen) atoms. The van der Waals surface area contributed by atoms with Gasteiger partial charge in [-0.2, -0.15) is 10.1 Å². The number of anilines is 2. The Balaban J connectivity index is 1.58. The number of nitrogen functional groups attached to an aromatic ring is 1. The molecule has 2 aromatic heterocycles. The van der Waals surface area contributed by atoms with E-state index in [9.17, 15) is 5.11 Å². The maximum absolute atomic E-state index is 15.3. The van der Waals surface area contributed by atoms with E-state index in [1.165, 1.54) is 32.1 Å². The number of aliphatic hydroxyl groups is 1. The zero-order valence-corrected chi connectivity index (χ0v) is 21.3. The summed E-state index contributed by atoms with van der Waals surface area (Å²) in [7, 11) is 1.56. The molecule has 0 aliphatic heterocycles. The minimum Gasteiger partial charge on any atom is -0.496 e. The topological polar surface area (TPSA) is 114 Å². The van der Waals surface area contributed by atoms with Gasteiger partial charge in [-0.3, -0.25) is 4.68 Å². The number of benzene rings is 1. The van der Waals surface area contributed by atoms with Crippen molar-refractivity contribution in [2.24, 2.45) is 0 Å². The van der Waals surface area contributed by atoms with Crippen LogP contribution in [0, 0.1) is 5.82 Å². The minimum atomic E-state index is -0.329. The van der Waals surface area contributed by atoms with Crippen molar-refractivity contribution in [1.29, 1.82) is 0 Å². The molecule has 1 fully saturated rings. The number of aromatic nitrogens is 4. The smallest absolute Gasteiger partial charge is 0.222 e. The Labute approximate surface area is 211 Å². The molecular formula is C26H38FN7O2. The van der Waals surface area contributed by atoms with Gasteiger partial charge in [-0.15, -0.1) is 0 Å². The number of rotatable bonds is 12. The first-order valence-corrected chi connectivity index (χ1v) is 13.0. The van der Waals surface area contributed by atoms with E-state index >= 15 is 4.39 Å². The largest absolute Gasteiger partial charge is 0.496 e. The molecule has 196 valence electrons. The Morgan fingerprint density at radius 3 is 2.75 bits per heavy atom. The highest BCUT2D eigenvalue weighted by atomic mass is 19.1. The minimum absolute atomic E-state index is 0.0137. The predicted molar refractivity (Wildman–Crippen MR) is 140 cm³/mol. The summed E-state index contributed by atoms with van der Waals surface area (Å²) in [6, 6.07) is 3.97. The third-order valence-corrected chi connectivity index (χ3v) is 6.82. The van der Waals surface area contributed by atoms with Crippen LogP contribution in [0.25, 0.3) is 11.0 Å². The highest BCUT2D eigenvalue weighted by Gasteiger charge is 2.19. The summed E-state index contributed by atoms with van der Waals surface area (Å²) in [5, 5.41) is 17.8. The monoisotopic (exact) mass is 499 g/mol. The van der Waals surface area contributed by atoms with Crippen molar-refractivity contribution >= 4 is 22.8 Å². The van der Waals surface area contributed by atoms with Gasteiger partial charge in [0.05, 0.1) is 32.0 Å². The Bertz CT molecular complexity index is 1150. The van der Waals surface area contributed by atoms with E-state index in [1.807, 2.05) is 11.0 Å². The Hall–Kier alpha value is -2.98. The molecule has 0 amide bonds. The highest BCUT2D eigenvalue weighted by Crippen LogP contribution is 2.28. The maximum Gasteiger partial charge on any atom is 0.222 e. The molecule has 2 heterocycles. The molecule has 0 unspecified atom stereocenters. The molecule has 9 nitrogen and oxygen atoms in total. The lowest BCUT2D eigenvalue weighted by Gasteiger charge is -2.23. The first kappa shape index (κ1) is 26.1. The summed E-state index contributed by atoms with van der Waals surface area (Å²) < 4.78 is 22.5. The maximum atomic E-state index is 15.3. The molecule has 1 aromatic carbocycles. The van der Waals surface area contributed by atoms with E-state index in [0.717, 1.165) is 18.4 Å². The molecule has 0 saturated heterocycles. The number of nitrogens with one attached hydrogen (secondary N) is 1. The first-order valence-electron chi connectivity index (χ1n) is 13.0. The van der Waals surface area contributed by atoms with Gasteiger partial charge >= 0.3 is 0 Å². The van der Waals surface area contributed by atoms with Gasteiger partial charge < -0.3 is 25.8 Å². The van der Waals surface area contributed by atoms with Gasteiger partial charge in [0, 0.05) is 25.7 Å². The van der Waals surface area contributed by atoms with Gasteiger partial charge in [-0.05, 0) is 37.0 Å². The summed E-state index contributed by atoms with van der Waals surface area (Å²) in [6.07, 6.45) is 9.84. The van der Waals surface area contributed by atoms with Crippen LogP contribution in [0.1, 0.15) is 63.0 Å². The highest BCUT2D eigenvalue weighted by molar-refractivity contribution is 5.86. The normalized spacial score (nSPS) is 14.4. The molecule has 0 spiro atoms. The molecule has 0 bridgehead atoms. The number of halogens is 1. The molecule has 1 saturated carbocycles. The fourth-order valence-electron chi connectivity index (χ4n) is 4.89. The van der Waals surface area contributed by atoms with Crippen LogP contribution in [0.4, 0.5) is 16.2 Å². The molecule has 10 heteroatoms. The van der Waals surface area contributed by atoms with Crippen LogP contribution in [-0.2, 0) is 13.1 Å². The van der Waals surface area contributed by atoms with Crippen LogP contribution >= 0.6 is 0 Å². The number of unbranched alkanes of at least 4 members (excludes halogenated alkanes) is 1. The van der Waals surface area contributed by atoms with Crippen LogP contribution in [0.5, 0.6) is 5.75 Å². The summed E-state index contributed by atoms with van der Waals surface area (Å²) in [4.78, 5) is 10.7. The van der Waals surface area contributed by atoms with E-state index in [4.69, 9.17) is 10.5 Å². The summed E-state index contributed by atoms with van der Waals surface area (Å²) in [5.74, 6) is 0.876. The van der Waals surface area contributed by atoms with Crippen molar-refractivity contribution in [1.82, 2.24) is 25.1 Å². The van der Waals surface area contributed by atoms with E-state index in [-0.39, 0.29) is 24.9 Å². The summed E-state index contributed by atoms with van der Waals surface area (Å²) in [6.45, 7) is 4.01. The second-order valence-corrected chi connectivity index (χ2v) is 9.50. The third kappa shape index (κ3) is 6.22. The number of methoxy groups -OCH3 is 1. The summed E-state index contributed by atoms with van der Waals surface area (Å²) in [5.41, 5.74) is 8.41. The van der Waals surface area contributed by atoms with Gasteiger partial charge in [0.15, 0.2) is 11.3 Å². The van der Waals surface area contributed by atoms with Gasteiger partial charge in [0.25, 0.3) is 0 Å².